The zero-order valence-corrected chi connectivity index (χ0v) is 11.8. The zero-order chi connectivity index (χ0) is 13.4. The van der Waals surface area contributed by atoms with Gasteiger partial charge in [-0.25, -0.2) is 0 Å². The Morgan fingerprint density at radius 1 is 1.32 bits per heavy atom. The lowest BCUT2D eigenvalue weighted by molar-refractivity contribution is 0.295. The number of likely N-dealkylation sites (N-methyl/N-ethyl adjacent to an activating group) is 1. The summed E-state index contributed by atoms with van der Waals surface area (Å²) in [4.78, 5) is 2.26. The SMILES string of the molecule is CN1CCC(N)C1c1cc(Cl)c2c(c1)OCCCO2. The minimum absolute atomic E-state index is 0.144. The van der Waals surface area contributed by atoms with Crippen molar-refractivity contribution in [2.45, 2.75) is 24.9 Å². The van der Waals surface area contributed by atoms with Gasteiger partial charge < -0.3 is 15.2 Å². The second-order valence-electron chi connectivity index (χ2n) is 5.26. The molecule has 0 amide bonds. The molecule has 5 heteroatoms. The molecular weight excluding hydrogens is 264 g/mol. The van der Waals surface area contributed by atoms with E-state index < -0.39 is 0 Å². The Morgan fingerprint density at radius 3 is 2.84 bits per heavy atom. The summed E-state index contributed by atoms with van der Waals surface area (Å²) in [5.41, 5.74) is 7.31. The summed E-state index contributed by atoms with van der Waals surface area (Å²) < 4.78 is 11.4. The number of fused-ring (bicyclic) bond motifs is 1. The smallest absolute Gasteiger partial charge is 0.179 e. The van der Waals surface area contributed by atoms with Gasteiger partial charge in [0.15, 0.2) is 11.5 Å². The predicted octanol–water partition coefficient (Wildman–Crippen LogP) is 2.21. The van der Waals surface area contributed by atoms with E-state index in [2.05, 4.69) is 11.9 Å². The maximum atomic E-state index is 6.33. The molecule has 0 bridgehead atoms. The van der Waals surface area contributed by atoms with E-state index in [0.29, 0.717) is 24.0 Å². The second-order valence-corrected chi connectivity index (χ2v) is 5.67. The molecule has 2 atom stereocenters. The van der Waals surface area contributed by atoms with Gasteiger partial charge in [0.25, 0.3) is 0 Å². The molecule has 1 aromatic carbocycles. The molecule has 0 aliphatic carbocycles. The van der Waals surface area contributed by atoms with Crippen LogP contribution in [0, 0.1) is 0 Å². The Hall–Kier alpha value is -0.970. The second kappa shape index (κ2) is 5.19. The normalized spacial score (nSPS) is 27.3. The first-order valence-corrected chi connectivity index (χ1v) is 7.09. The number of hydrogen-bond donors (Lipinski definition) is 1. The maximum absolute atomic E-state index is 6.33. The van der Waals surface area contributed by atoms with Crippen molar-refractivity contribution in [3.05, 3.63) is 22.7 Å². The number of benzene rings is 1. The minimum atomic E-state index is 0.144. The van der Waals surface area contributed by atoms with Crippen LogP contribution < -0.4 is 15.2 Å². The van der Waals surface area contributed by atoms with Gasteiger partial charge in [-0.3, -0.25) is 4.90 Å². The van der Waals surface area contributed by atoms with E-state index in [4.69, 9.17) is 26.8 Å². The summed E-state index contributed by atoms with van der Waals surface area (Å²) in [6, 6.07) is 4.33. The molecule has 1 fully saturated rings. The highest BCUT2D eigenvalue weighted by Crippen LogP contribution is 2.41. The Labute approximate surface area is 118 Å². The minimum Gasteiger partial charge on any atom is -0.489 e. The molecule has 0 saturated carbocycles. The molecule has 1 aromatic rings. The van der Waals surface area contributed by atoms with Crippen LogP contribution in [0.15, 0.2) is 12.1 Å². The van der Waals surface area contributed by atoms with Crippen LogP contribution in [0.3, 0.4) is 0 Å². The van der Waals surface area contributed by atoms with Gasteiger partial charge in [0.05, 0.1) is 18.2 Å². The highest BCUT2D eigenvalue weighted by molar-refractivity contribution is 6.32. The van der Waals surface area contributed by atoms with Crippen LogP contribution >= 0.6 is 11.6 Å². The molecule has 2 aliphatic heterocycles. The first kappa shape index (κ1) is 13.0. The molecule has 2 aliphatic rings. The molecule has 2 heterocycles. The van der Waals surface area contributed by atoms with E-state index >= 15 is 0 Å². The van der Waals surface area contributed by atoms with Gasteiger partial charge in [-0.2, -0.15) is 0 Å². The van der Waals surface area contributed by atoms with Crippen molar-refractivity contribution in [2.24, 2.45) is 5.73 Å². The van der Waals surface area contributed by atoms with E-state index in [-0.39, 0.29) is 12.1 Å². The van der Waals surface area contributed by atoms with E-state index in [1.807, 2.05) is 12.1 Å². The van der Waals surface area contributed by atoms with Crippen LogP contribution in [0.5, 0.6) is 11.5 Å². The third kappa shape index (κ3) is 2.40. The summed E-state index contributed by atoms with van der Waals surface area (Å²) in [7, 11) is 2.09. The molecule has 104 valence electrons. The summed E-state index contributed by atoms with van der Waals surface area (Å²) in [6.45, 7) is 2.33. The average molecular weight is 283 g/mol. The summed E-state index contributed by atoms with van der Waals surface area (Å²) >= 11 is 6.33. The van der Waals surface area contributed by atoms with Crippen LogP contribution in [0.1, 0.15) is 24.4 Å². The lowest BCUT2D eigenvalue weighted by atomic mass is 10.0. The Morgan fingerprint density at radius 2 is 2.11 bits per heavy atom. The fourth-order valence-electron chi connectivity index (χ4n) is 2.90. The van der Waals surface area contributed by atoms with Crippen LogP contribution in [0.25, 0.3) is 0 Å². The molecule has 4 nitrogen and oxygen atoms in total. The molecular formula is C14H19ClN2O2. The number of likely N-dealkylation sites (tertiary alicyclic amines) is 1. The lowest BCUT2D eigenvalue weighted by Crippen LogP contribution is -2.29. The van der Waals surface area contributed by atoms with Gasteiger partial charge in [0, 0.05) is 25.0 Å². The van der Waals surface area contributed by atoms with E-state index in [9.17, 15) is 0 Å². The number of nitrogens with zero attached hydrogens (tertiary/aromatic N) is 1. The quantitative estimate of drug-likeness (QED) is 0.858. The van der Waals surface area contributed by atoms with Crippen molar-refractivity contribution >= 4 is 11.6 Å². The first-order chi connectivity index (χ1) is 9.16. The highest BCUT2D eigenvalue weighted by Gasteiger charge is 2.31. The van der Waals surface area contributed by atoms with Crippen LogP contribution in [0.4, 0.5) is 0 Å². The fourth-order valence-corrected chi connectivity index (χ4v) is 3.17. The van der Waals surface area contributed by atoms with E-state index in [1.54, 1.807) is 0 Å². The number of rotatable bonds is 1. The van der Waals surface area contributed by atoms with Crippen molar-refractivity contribution in [3.8, 4) is 11.5 Å². The summed E-state index contributed by atoms with van der Waals surface area (Å²) in [5.74, 6) is 1.41. The van der Waals surface area contributed by atoms with Crippen LogP contribution in [-0.4, -0.2) is 37.7 Å². The third-order valence-electron chi connectivity index (χ3n) is 3.86. The Balaban J connectivity index is 1.99. The van der Waals surface area contributed by atoms with Crippen molar-refractivity contribution in [1.29, 1.82) is 0 Å². The van der Waals surface area contributed by atoms with Crippen LogP contribution in [-0.2, 0) is 0 Å². The van der Waals surface area contributed by atoms with Crippen molar-refractivity contribution in [1.82, 2.24) is 4.90 Å². The highest BCUT2D eigenvalue weighted by atomic mass is 35.5. The number of ether oxygens (including phenoxy) is 2. The molecule has 0 aromatic heterocycles. The van der Waals surface area contributed by atoms with Crippen molar-refractivity contribution in [3.63, 3.8) is 0 Å². The maximum Gasteiger partial charge on any atom is 0.179 e. The first-order valence-electron chi connectivity index (χ1n) is 6.71. The van der Waals surface area contributed by atoms with E-state index in [1.165, 1.54) is 0 Å². The molecule has 2 unspecified atom stereocenters. The van der Waals surface area contributed by atoms with Gasteiger partial charge in [-0.1, -0.05) is 11.6 Å². The topological polar surface area (TPSA) is 47.7 Å². The summed E-state index contributed by atoms with van der Waals surface area (Å²) in [5, 5.41) is 0.613. The Bertz CT molecular complexity index is 471. The molecule has 3 rings (SSSR count). The van der Waals surface area contributed by atoms with Gasteiger partial charge >= 0.3 is 0 Å². The zero-order valence-electron chi connectivity index (χ0n) is 11.1. The van der Waals surface area contributed by atoms with E-state index in [0.717, 1.165) is 30.7 Å². The average Bonchev–Trinajstić information content (AvgIpc) is 2.60. The third-order valence-corrected chi connectivity index (χ3v) is 4.14. The molecule has 1 saturated heterocycles. The van der Waals surface area contributed by atoms with Gasteiger partial charge in [0.2, 0.25) is 0 Å². The standard InChI is InChI=1S/C14H19ClN2O2/c1-17-4-3-11(16)13(17)9-7-10(15)14-12(8-9)18-5-2-6-19-14/h7-8,11,13H,2-6,16H2,1H3. The molecule has 19 heavy (non-hydrogen) atoms. The fraction of sp³-hybridized carbons (Fsp3) is 0.571. The molecule has 0 spiro atoms. The van der Waals surface area contributed by atoms with Gasteiger partial charge in [0.1, 0.15) is 0 Å². The van der Waals surface area contributed by atoms with Gasteiger partial charge in [-0.15, -0.1) is 0 Å². The predicted molar refractivity (Wildman–Crippen MR) is 75.0 cm³/mol. The number of hydrogen-bond acceptors (Lipinski definition) is 4. The van der Waals surface area contributed by atoms with Gasteiger partial charge in [-0.05, 0) is 31.2 Å². The van der Waals surface area contributed by atoms with Crippen molar-refractivity contribution in [2.75, 3.05) is 26.8 Å². The molecule has 2 N–H and O–H groups in total. The lowest BCUT2D eigenvalue weighted by Gasteiger charge is -2.24. The Kier molecular flexibility index (Phi) is 3.56. The molecule has 0 radical (unpaired) electrons. The summed E-state index contributed by atoms with van der Waals surface area (Å²) in [6.07, 6.45) is 1.89. The van der Waals surface area contributed by atoms with Crippen molar-refractivity contribution < 1.29 is 9.47 Å². The largest absolute Gasteiger partial charge is 0.489 e. The van der Waals surface area contributed by atoms with Crippen LogP contribution in [0.2, 0.25) is 5.02 Å². The number of nitrogens with two attached hydrogens (primary N) is 1. The number of halogens is 1. The monoisotopic (exact) mass is 282 g/mol.